The number of hydrogen-bond acceptors (Lipinski definition) is 5. The Morgan fingerprint density at radius 1 is 1.11 bits per heavy atom. The summed E-state index contributed by atoms with van der Waals surface area (Å²) in [7, 11) is 0. The maximum absolute atomic E-state index is 14.0. The second-order valence-corrected chi connectivity index (χ2v) is 9.65. The third-order valence-corrected chi connectivity index (χ3v) is 7.04. The zero-order valence-electron chi connectivity index (χ0n) is 19.0. The number of piperidine rings is 1. The number of nitrogens with one attached hydrogen (secondary N) is 1. The van der Waals surface area contributed by atoms with Gasteiger partial charge in [-0.2, -0.15) is 26.3 Å². The van der Waals surface area contributed by atoms with Crippen molar-refractivity contribution in [1.82, 2.24) is 14.9 Å². The molecule has 36 heavy (non-hydrogen) atoms. The Kier molecular flexibility index (Phi) is 7.26. The Bertz CT molecular complexity index is 1190. The Morgan fingerprint density at radius 2 is 1.83 bits per heavy atom. The molecule has 4 rings (SSSR count). The lowest BCUT2D eigenvalue weighted by Crippen LogP contribution is -2.55. The number of amides is 1. The van der Waals surface area contributed by atoms with Crippen molar-refractivity contribution in [2.24, 2.45) is 5.92 Å². The largest absolute Gasteiger partial charge is 0.417 e. The minimum absolute atomic E-state index is 0.0172. The van der Waals surface area contributed by atoms with Crippen molar-refractivity contribution >= 4 is 23.1 Å². The molecule has 1 amide bonds. The number of aryl methyl sites for hydroxylation is 1. The van der Waals surface area contributed by atoms with Crippen LogP contribution in [0.25, 0.3) is 10.4 Å². The minimum atomic E-state index is -4.58. The van der Waals surface area contributed by atoms with E-state index >= 15 is 0 Å². The molecule has 5 nitrogen and oxygen atoms in total. The van der Waals surface area contributed by atoms with E-state index in [4.69, 9.17) is 0 Å². The number of hydrogen-bond donors (Lipinski definition) is 1. The third-order valence-electron chi connectivity index (χ3n) is 6.02. The maximum atomic E-state index is 14.0. The highest BCUT2D eigenvalue weighted by Crippen LogP contribution is 2.39. The molecule has 1 aromatic carbocycles. The van der Waals surface area contributed by atoms with Crippen molar-refractivity contribution in [1.29, 1.82) is 0 Å². The van der Waals surface area contributed by atoms with Gasteiger partial charge in [0.25, 0.3) is 5.91 Å². The van der Waals surface area contributed by atoms with Crippen LogP contribution < -0.4 is 5.32 Å². The fourth-order valence-corrected chi connectivity index (χ4v) is 5.23. The lowest BCUT2D eigenvalue weighted by Gasteiger charge is -2.42. The van der Waals surface area contributed by atoms with E-state index in [0.29, 0.717) is 16.1 Å². The molecule has 0 radical (unpaired) electrons. The molecule has 3 aromatic rings. The number of alkyl halides is 6. The number of aromatic nitrogens is 2. The molecule has 2 unspecified atom stereocenters. The van der Waals surface area contributed by atoms with Crippen molar-refractivity contribution in [3.05, 3.63) is 64.9 Å². The lowest BCUT2D eigenvalue weighted by molar-refractivity contribution is -0.196. The Morgan fingerprint density at radius 3 is 2.44 bits per heavy atom. The zero-order valence-corrected chi connectivity index (χ0v) is 19.8. The number of likely N-dealkylation sites (tertiary alicyclic amines) is 1. The molecule has 2 aromatic heterocycles. The number of carbonyl (C=O) groups excluding carboxylic acids is 1. The Balaban J connectivity index is 1.62. The molecule has 2 atom stereocenters. The molecule has 0 bridgehead atoms. The second-order valence-electron chi connectivity index (χ2n) is 8.44. The molecule has 0 spiro atoms. The van der Waals surface area contributed by atoms with Crippen molar-refractivity contribution in [2.45, 2.75) is 38.2 Å². The number of carbonyl (C=O) groups is 1. The topological polar surface area (TPSA) is 58.1 Å². The van der Waals surface area contributed by atoms with Gasteiger partial charge in [0.05, 0.1) is 27.4 Å². The smallest absolute Gasteiger partial charge is 0.368 e. The van der Waals surface area contributed by atoms with Crippen molar-refractivity contribution < 1.29 is 31.1 Å². The predicted molar refractivity (Wildman–Crippen MR) is 124 cm³/mol. The standard InChI is InChI=1S/C24H22F6N4OS/c1-14-33-20(21(36-14)15-6-3-2-4-7-15)22(35)34-11-5-8-17(24(28,29)30)18(34)13-32-19-10-9-16(12-31-19)23(25,26)27/h2-4,6-7,9-10,12,17-18H,5,8,11,13H2,1H3,(H,31,32). The van der Waals surface area contributed by atoms with E-state index in [2.05, 4.69) is 15.3 Å². The fraction of sp³-hybridized carbons (Fsp3) is 0.375. The molecule has 1 fully saturated rings. The summed E-state index contributed by atoms with van der Waals surface area (Å²) in [5, 5.41) is 3.29. The maximum Gasteiger partial charge on any atom is 0.417 e. The summed E-state index contributed by atoms with van der Waals surface area (Å²) in [6.45, 7) is 1.49. The molecule has 192 valence electrons. The summed E-state index contributed by atoms with van der Waals surface area (Å²) in [5.41, 5.74) is -0.147. The average molecular weight is 529 g/mol. The number of benzene rings is 1. The summed E-state index contributed by atoms with van der Waals surface area (Å²) in [6.07, 6.45) is -8.55. The first-order valence-corrected chi connectivity index (χ1v) is 11.9. The van der Waals surface area contributed by atoms with Gasteiger partial charge in [0.2, 0.25) is 0 Å². The minimum Gasteiger partial charge on any atom is -0.368 e. The van der Waals surface area contributed by atoms with Crippen LogP contribution in [0.15, 0.2) is 48.7 Å². The summed E-state index contributed by atoms with van der Waals surface area (Å²) >= 11 is 1.28. The molecule has 3 heterocycles. The SMILES string of the molecule is Cc1nc(C(=O)N2CCCC(C(F)(F)F)C2CNc2ccc(C(F)(F)F)cn2)c(-c2ccccc2)s1. The summed E-state index contributed by atoms with van der Waals surface area (Å²) in [5.74, 6) is -2.44. The van der Waals surface area contributed by atoms with Gasteiger partial charge in [-0.3, -0.25) is 4.79 Å². The van der Waals surface area contributed by atoms with Gasteiger partial charge in [-0.1, -0.05) is 30.3 Å². The molecular formula is C24H22F6N4OS. The number of pyridine rings is 1. The van der Waals surface area contributed by atoms with Gasteiger partial charge in [0, 0.05) is 19.3 Å². The average Bonchev–Trinajstić information content (AvgIpc) is 3.23. The van der Waals surface area contributed by atoms with E-state index in [1.807, 2.05) is 6.07 Å². The first-order valence-electron chi connectivity index (χ1n) is 11.1. The Labute approximate surface area is 207 Å². The number of rotatable bonds is 5. The van der Waals surface area contributed by atoms with Crippen molar-refractivity contribution in [2.75, 3.05) is 18.4 Å². The van der Waals surface area contributed by atoms with Crippen LogP contribution in [-0.2, 0) is 6.18 Å². The van der Waals surface area contributed by atoms with Crippen LogP contribution in [0.3, 0.4) is 0 Å². The van der Waals surface area contributed by atoms with Crippen LogP contribution >= 0.6 is 11.3 Å². The highest BCUT2D eigenvalue weighted by Gasteiger charge is 2.49. The van der Waals surface area contributed by atoms with Gasteiger partial charge in [0.15, 0.2) is 0 Å². The first kappa shape index (κ1) is 25.9. The number of nitrogens with zero attached hydrogens (tertiary/aromatic N) is 3. The van der Waals surface area contributed by atoms with Gasteiger partial charge in [-0.05, 0) is 37.5 Å². The molecule has 0 aliphatic carbocycles. The molecule has 1 saturated heterocycles. The lowest BCUT2D eigenvalue weighted by atomic mass is 9.88. The van der Waals surface area contributed by atoms with E-state index in [0.717, 1.165) is 17.7 Å². The number of anilines is 1. The van der Waals surface area contributed by atoms with Crippen molar-refractivity contribution in [3.63, 3.8) is 0 Å². The quantitative estimate of drug-likeness (QED) is 0.388. The van der Waals surface area contributed by atoms with Crippen LogP contribution in [0.1, 0.15) is 33.9 Å². The summed E-state index contributed by atoms with van der Waals surface area (Å²) in [4.78, 5) is 23.4. The van der Waals surface area contributed by atoms with Gasteiger partial charge >= 0.3 is 12.4 Å². The van der Waals surface area contributed by atoms with E-state index in [1.165, 1.54) is 16.2 Å². The predicted octanol–water partition coefficient (Wildman–Crippen LogP) is 6.43. The number of halogens is 6. The third kappa shape index (κ3) is 5.63. The van der Waals surface area contributed by atoms with Gasteiger partial charge < -0.3 is 10.2 Å². The zero-order chi connectivity index (χ0) is 26.1. The second kappa shape index (κ2) is 10.1. The van der Waals surface area contributed by atoms with E-state index in [9.17, 15) is 31.1 Å². The molecule has 0 saturated carbocycles. The van der Waals surface area contributed by atoms with E-state index in [1.54, 1.807) is 31.2 Å². The Hall–Kier alpha value is -3.15. The molecular weight excluding hydrogens is 506 g/mol. The number of thiazole rings is 1. The molecule has 12 heteroatoms. The van der Waals surface area contributed by atoms with Crippen LogP contribution in [0.4, 0.5) is 32.2 Å². The van der Waals surface area contributed by atoms with Crippen LogP contribution in [0, 0.1) is 12.8 Å². The molecule has 1 aliphatic rings. The van der Waals surface area contributed by atoms with Crippen LogP contribution in [0.5, 0.6) is 0 Å². The van der Waals surface area contributed by atoms with Crippen LogP contribution in [-0.4, -0.2) is 46.1 Å². The van der Waals surface area contributed by atoms with Gasteiger partial charge in [-0.25, -0.2) is 9.97 Å². The van der Waals surface area contributed by atoms with Crippen LogP contribution in [0.2, 0.25) is 0 Å². The molecule has 1 aliphatic heterocycles. The van der Waals surface area contributed by atoms with Gasteiger partial charge in [0.1, 0.15) is 11.5 Å². The van der Waals surface area contributed by atoms with Crippen molar-refractivity contribution in [3.8, 4) is 10.4 Å². The highest BCUT2D eigenvalue weighted by molar-refractivity contribution is 7.15. The summed E-state index contributed by atoms with van der Waals surface area (Å²) in [6, 6.07) is 9.56. The van der Waals surface area contributed by atoms with E-state index < -0.39 is 35.8 Å². The highest BCUT2D eigenvalue weighted by atomic mass is 32.1. The van der Waals surface area contributed by atoms with E-state index in [-0.39, 0.29) is 37.4 Å². The van der Waals surface area contributed by atoms with Gasteiger partial charge in [-0.15, -0.1) is 11.3 Å². The first-order chi connectivity index (χ1) is 16.9. The monoisotopic (exact) mass is 528 g/mol. The fourth-order valence-electron chi connectivity index (χ4n) is 4.31. The summed E-state index contributed by atoms with van der Waals surface area (Å²) < 4.78 is 80.3. The normalized spacial score (nSPS) is 18.8. The molecule has 1 N–H and O–H groups in total.